The molecule has 0 fully saturated rings. The van der Waals surface area contributed by atoms with Crippen molar-refractivity contribution in [2.24, 2.45) is 0 Å². The number of imidazole rings is 1. The molecule has 2 aromatic carbocycles. The summed E-state index contributed by atoms with van der Waals surface area (Å²) in [6.07, 6.45) is 0.647. The largest absolute Gasteiger partial charge is 0.346 e. The number of fused-ring (bicyclic) bond motifs is 1. The lowest BCUT2D eigenvalue weighted by atomic mass is 10.1. The number of carbonyl (C=O) groups excluding carboxylic acids is 2. The summed E-state index contributed by atoms with van der Waals surface area (Å²) in [6, 6.07) is 10.1. The standard InChI is InChI=1S/C21H21Cl3N4O2/c1-13(29)26(2)9-4-10-27-20-16(23)5-3-6-18(20)28(21(27)25)12-19(30)15-8-7-14(22)11-17(15)24/h3,5-8,11,25H,4,9-10,12H2,1-2H3. The van der Waals surface area contributed by atoms with Gasteiger partial charge < -0.3 is 14.0 Å². The number of amides is 1. The molecule has 0 aliphatic heterocycles. The third-order valence-corrected chi connectivity index (χ3v) is 5.84. The van der Waals surface area contributed by atoms with Crippen LogP contribution in [0.4, 0.5) is 0 Å². The number of para-hydroxylation sites is 1. The highest BCUT2D eigenvalue weighted by Crippen LogP contribution is 2.25. The molecule has 0 saturated carbocycles. The Hall–Kier alpha value is -2.28. The van der Waals surface area contributed by atoms with Gasteiger partial charge in [0.2, 0.25) is 11.5 Å². The molecule has 158 valence electrons. The van der Waals surface area contributed by atoms with Gasteiger partial charge in [0.15, 0.2) is 5.78 Å². The molecular weight excluding hydrogens is 447 g/mol. The molecule has 1 N–H and O–H groups in total. The van der Waals surface area contributed by atoms with Crippen LogP contribution in [0.15, 0.2) is 36.4 Å². The molecule has 9 heteroatoms. The van der Waals surface area contributed by atoms with Crippen LogP contribution < -0.4 is 5.62 Å². The average molecular weight is 468 g/mol. The number of aromatic nitrogens is 2. The number of nitrogens with zero attached hydrogens (tertiary/aromatic N) is 3. The third kappa shape index (κ3) is 4.56. The Labute approximate surface area is 189 Å². The Morgan fingerprint density at radius 1 is 1.07 bits per heavy atom. The van der Waals surface area contributed by atoms with E-state index in [1.807, 2.05) is 6.07 Å². The summed E-state index contributed by atoms with van der Waals surface area (Å²) in [5, 5.41) is 9.88. The highest BCUT2D eigenvalue weighted by atomic mass is 35.5. The zero-order valence-electron chi connectivity index (χ0n) is 16.6. The van der Waals surface area contributed by atoms with Gasteiger partial charge in [-0.25, -0.2) is 0 Å². The van der Waals surface area contributed by atoms with E-state index in [1.165, 1.54) is 13.0 Å². The lowest BCUT2D eigenvalue weighted by Crippen LogP contribution is -2.29. The minimum Gasteiger partial charge on any atom is -0.346 e. The van der Waals surface area contributed by atoms with E-state index < -0.39 is 0 Å². The van der Waals surface area contributed by atoms with E-state index in [9.17, 15) is 9.59 Å². The number of hydrogen-bond acceptors (Lipinski definition) is 3. The van der Waals surface area contributed by atoms with Crippen LogP contribution in [0.25, 0.3) is 11.0 Å². The molecule has 0 unspecified atom stereocenters. The number of nitrogens with one attached hydrogen (secondary N) is 1. The third-order valence-electron chi connectivity index (χ3n) is 4.98. The fourth-order valence-corrected chi connectivity index (χ4v) is 4.09. The van der Waals surface area contributed by atoms with Crippen molar-refractivity contribution in [1.29, 1.82) is 5.41 Å². The van der Waals surface area contributed by atoms with Gasteiger partial charge in [-0.2, -0.15) is 0 Å². The quantitative estimate of drug-likeness (QED) is 0.514. The van der Waals surface area contributed by atoms with Gasteiger partial charge in [-0.05, 0) is 36.8 Å². The molecule has 1 amide bonds. The maximum absolute atomic E-state index is 12.9. The van der Waals surface area contributed by atoms with E-state index in [4.69, 9.17) is 40.2 Å². The highest BCUT2D eigenvalue weighted by Gasteiger charge is 2.18. The zero-order valence-corrected chi connectivity index (χ0v) is 18.9. The van der Waals surface area contributed by atoms with Crippen LogP contribution in [-0.4, -0.2) is 39.3 Å². The molecular formula is C21H21Cl3N4O2. The van der Waals surface area contributed by atoms with Crippen molar-refractivity contribution in [3.8, 4) is 0 Å². The molecule has 0 saturated heterocycles. The first kappa shape index (κ1) is 22.4. The summed E-state index contributed by atoms with van der Waals surface area (Å²) >= 11 is 18.5. The molecule has 30 heavy (non-hydrogen) atoms. The van der Waals surface area contributed by atoms with Crippen molar-refractivity contribution in [3.05, 3.63) is 62.6 Å². The fourth-order valence-electron chi connectivity index (χ4n) is 3.30. The number of Topliss-reactive ketones (excluding diaryl/α,β-unsaturated/α-hetero) is 1. The predicted octanol–water partition coefficient (Wildman–Crippen LogP) is 4.63. The van der Waals surface area contributed by atoms with E-state index in [-0.39, 0.29) is 28.9 Å². The smallest absolute Gasteiger partial charge is 0.219 e. The number of halogens is 3. The minimum atomic E-state index is -0.231. The van der Waals surface area contributed by atoms with Crippen molar-refractivity contribution >= 4 is 57.5 Å². The second-order valence-corrected chi connectivity index (χ2v) is 8.26. The van der Waals surface area contributed by atoms with Crippen LogP contribution in [0, 0.1) is 5.41 Å². The molecule has 6 nitrogen and oxygen atoms in total. The molecule has 1 aromatic heterocycles. The van der Waals surface area contributed by atoms with Crippen molar-refractivity contribution in [2.75, 3.05) is 13.6 Å². The maximum atomic E-state index is 12.9. The van der Waals surface area contributed by atoms with Gasteiger partial charge in [0, 0.05) is 37.6 Å². The molecule has 0 radical (unpaired) electrons. The Bertz CT molecular complexity index is 1180. The lowest BCUT2D eigenvalue weighted by molar-refractivity contribution is -0.127. The highest BCUT2D eigenvalue weighted by molar-refractivity contribution is 6.37. The fraction of sp³-hybridized carbons (Fsp3) is 0.286. The molecule has 0 bridgehead atoms. The molecule has 0 aliphatic rings. The first-order chi connectivity index (χ1) is 14.2. The average Bonchev–Trinajstić information content (AvgIpc) is 2.94. The van der Waals surface area contributed by atoms with Crippen LogP contribution in [0.3, 0.4) is 0 Å². The van der Waals surface area contributed by atoms with Crippen LogP contribution in [0.2, 0.25) is 15.1 Å². The molecule has 3 rings (SSSR count). The second-order valence-electron chi connectivity index (χ2n) is 7.01. The van der Waals surface area contributed by atoms with Gasteiger partial charge in [0.1, 0.15) is 0 Å². The van der Waals surface area contributed by atoms with Gasteiger partial charge in [-0.1, -0.05) is 40.9 Å². The van der Waals surface area contributed by atoms with Gasteiger partial charge in [-0.15, -0.1) is 0 Å². The Balaban J connectivity index is 1.96. The van der Waals surface area contributed by atoms with Gasteiger partial charge in [-0.3, -0.25) is 15.0 Å². The maximum Gasteiger partial charge on any atom is 0.219 e. The summed E-state index contributed by atoms with van der Waals surface area (Å²) in [7, 11) is 1.74. The Morgan fingerprint density at radius 2 is 1.80 bits per heavy atom. The molecule has 1 heterocycles. The number of aryl methyl sites for hydroxylation is 1. The molecule has 0 atom stereocenters. The van der Waals surface area contributed by atoms with E-state index in [1.54, 1.807) is 45.3 Å². The minimum absolute atomic E-state index is 0.0167. The summed E-state index contributed by atoms with van der Waals surface area (Å²) in [5.74, 6) is -0.248. The van der Waals surface area contributed by atoms with Crippen molar-refractivity contribution in [3.63, 3.8) is 0 Å². The monoisotopic (exact) mass is 466 g/mol. The van der Waals surface area contributed by atoms with E-state index >= 15 is 0 Å². The van der Waals surface area contributed by atoms with Gasteiger partial charge in [0.05, 0.1) is 27.6 Å². The van der Waals surface area contributed by atoms with E-state index in [2.05, 4.69) is 0 Å². The predicted molar refractivity (Wildman–Crippen MR) is 120 cm³/mol. The number of ketones is 1. The number of hydrogen-bond donors (Lipinski definition) is 1. The van der Waals surface area contributed by atoms with Crippen LogP contribution in [0.5, 0.6) is 0 Å². The van der Waals surface area contributed by atoms with Crippen LogP contribution in [0.1, 0.15) is 23.7 Å². The summed E-state index contributed by atoms with van der Waals surface area (Å²) in [5.41, 5.74) is 1.87. The topological polar surface area (TPSA) is 71.1 Å². The Kier molecular flexibility index (Phi) is 6.91. The Morgan fingerprint density at radius 3 is 2.47 bits per heavy atom. The van der Waals surface area contributed by atoms with Crippen LogP contribution >= 0.6 is 34.8 Å². The number of benzene rings is 2. The van der Waals surface area contributed by atoms with E-state index in [0.29, 0.717) is 46.2 Å². The number of rotatable bonds is 7. The van der Waals surface area contributed by atoms with Gasteiger partial charge in [0.25, 0.3) is 0 Å². The molecule has 0 spiro atoms. The molecule has 3 aromatic rings. The summed E-state index contributed by atoms with van der Waals surface area (Å²) in [6.45, 7) is 2.49. The van der Waals surface area contributed by atoms with Crippen LogP contribution in [-0.2, 0) is 17.9 Å². The summed E-state index contributed by atoms with van der Waals surface area (Å²) < 4.78 is 3.38. The first-order valence-corrected chi connectivity index (χ1v) is 10.5. The summed E-state index contributed by atoms with van der Waals surface area (Å²) in [4.78, 5) is 25.9. The molecule has 0 aliphatic carbocycles. The number of carbonyl (C=O) groups is 2. The van der Waals surface area contributed by atoms with Crippen molar-refractivity contribution < 1.29 is 9.59 Å². The first-order valence-electron chi connectivity index (χ1n) is 9.32. The van der Waals surface area contributed by atoms with E-state index in [0.717, 1.165) is 0 Å². The van der Waals surface area contributed by atoms with Crippen molar-refractivity contribution in [2.45, 2.75) is 26.4 Å². The van der Waals surface area contributed by atoms with Crippen molar-refractivity contribution in [1.82, 2.24) is 14.0 Å². The SMILES string of the molecule is CC(=O)N(C)CCCn1c(=N)n(CC(=O)c2ccc(Cl)cc2Cl)c2cccc(Cl)c21. The van der Waals surface area contributed by atoms with Gasteiger partial charge >= 0.3 is 0 Å². The second kappa shape index (κ2) is 9.25. The normalized spacial score (nSPS) is 11.1. The zero-order chi connectivity index (χ0) is 22.0. The lowest BCUT2D eigenvalue weighted by Gasteiger charge is -2.14.